The Hall–Kier alpha value is -3.49. The fourth-order valence-corrected chi connectivity index (χ4v) is 5.33. The molecule has 2 heterocycles. The summed E-state index contributed by atoms with van der Waals surface area (Å²) in [6.07, 6.45) is -0.990. The van der Waals surface area contributed by atoms with E-state index < -0.39 is 24.0 Å². The van der Waals surface area contributed by atoms with E-state index in [0.717, 1.165) is 5.56 Å². The number of rotatable bonds is 4. The first kappa shape index (κ1) is 23.3. The van der Waals surface area contributed by atoms with E-state index in [9.17, 15) is 22.4 Å². The van der Waals surface area contributed by atoms with E-state index in [-0.39, 0.29) is 23.1 Å². The Morgan fingerprint density at radius 3 is 2.51 bits per heavy atom. The molecule has 1 saturated carbocycles. The molecular formula is C26H23F4N3O2. The molecule has 5 rings (SSSR count). The van der Waals surface area contributed by atoms with Crippen LogP contribution in [0.25, 0.3) is 21.9 Å². The van der Waals surface area contributed by atoms with E-state index in [1.165, 1.54) is 37.4 Å². The van der Waals surface area contributed by atoms with Gasteiger partial charge in [-0.1, -0.05) is 0 Å². The zero-order valence-corrected chi connectivity index (χ0v) is 18.9. The van der Waals surface area contributed by atoms with Crippen LogP contribution in [0.4, 0.5) is 17.6 Å². The average molecular weight is 485 g/mol. The number of alkyl halides is 3. The Bertz CT molecular complexity index is 1390. The maximum Gasteiger partial charge on any atom is 0.399 e. The second kappa shape index (κ2) is 8.94. The van der Waals surface area contributed by atoms with Crippen molar-refractivity contribution in [3.8, 4) is 0 Å². The fraction of sp³-hybridized carbons (Fsp3) is 0.346. The van der Waals surface area contributed by atoms with Gasteiger partial charge in [-0.3, -0.25) is 4.98 Å². The number of hydrogen-bond donors (Lipinski definition) is 1. The van der Waals surface area contributed by atoms with Gasteiger partial charge in [0.15, 0.2) is 0 Å². The largest absolute Gasteiger partial charge is 0.465 e. The predicted octanol–water partition coefficient (Wildman–Crippen LogP) is 6.66. The van der Waals surface area contributed by atoms with Crippen molar-refractivity contribution in [3.05, 3.63) is 71.4 Å². The number of aromatic nitrogens is 3. The highest BCUT2D eigenvalue weighted by molar-refractivity contribution is 5.93. The van der Waals surface area contributed by atoms with Crippen LogP contribution in [0.3, 0.4) is 0 Å². The van der Waals surface area contributed by atoms with E-state index in [1.54, 1.807) is 12.3 Å². The first-order valence-electron chi connectivity index (χ1n) is 11.4. The molecule has 35 heavy (non-hydrogen) atoms. The number of halogens is 4. The van der Waals surface area contributed by atoms with Gasteiger partial charge < -0.3 is 9.72 Å². The first-order chi connectivity index (χ1) is 16.7. The van der Waals surface area contributed by atoms with Crippen molar-refractivity contribution in [1.82, 2.24) is 15.0 Å². The van der Waals surface area contributed by atoms with E-state index in [1.807, 2.05) is 6.07 Å². The molecule has 0 radical (unpaired) electrons. The van der Waals surface area contributed by atoms with E-state index in [2.05, 4.69) is 15.0 Å². The van der Waals surface area contributed by atoms with Gasteiger partial charge in [0.05, 0.1) is 29.2 Å². The van der Waals surface area contributed by atoms with Crippen LogP contribution in [-0.2, 0) is 4.74 Å². The van der Waals surface area contributed by atoms with Crippen LogP contribution in [0, 0.1) is 11.7 Å². The third kappa shape index (κ3) is 4.47. The van der Waals surface area contributed by atoms with Crippen LogP contribution < -0.4 is 0 Å². The van der Waals surface area contributed by atoms with Crippen molar-refractivity contribution in [1.29, 1.82) is 0 Å². The highest BCUT2D eigenvalue weighted by atomic mass is 19.4. The molecule has 0 saturated heterocycles. The molecule has 0 bridgehead atoms. The summed E-state index contributed by atoms with van der Waals surface area (Å²) < 4.78 is 61.4. The lowest BCUT2D eigenvalue weighted by atomic mass is 9.73. The van der Waals surface area contributed by atoms with Crippen molar-refractivity contribution in [2.45, 2.75) is 43.7 Å². The number of hydrogen-bond acceptors (Lipinski definition) is 4. The number of nitrogens with zero attached hydrogens (tertiary/aromatic N) is 2. The van der Waals surface area contributed by atoms with E-state index in [0.29, 0.717) is 47.6 Å². The minimum atomic E-state index is -4.48. The minimum absolute atomic E-state index is 0.0331. The number of carbonyl (C=O) groups is 1. The summed E-state index contributed by atoms with van der Waals surface area (Å²) in [7, 11) is 1.24. The van der Waals surface area contributed by atoms with Crippen molar-refractivity contribution < 1.29 is 27.1 Å². The average Bonchev–Trinajstić information content (AvgIpc) is 3.25. The SMILES string of the molecule is COC(=O)c1ccc2nc([C@@H](C3CCC(c4ccnc5ccc(F)cc45)CC3)C(F)(F)F)[nH]c2c1. The summed E-state index contributed by atoms with van der Waals surface area (Å²) in [5, 5.41) is 0.710. The molecule has 0 unspecified atom stereocenters. The summed E-state index contributed by atoms with van der Waals surface area (Å²) in [6.45, 7) is 0. The van der Waals surface area contributed by atoms with Crippen molar-refractivity contribution in [3.63, 3.8) is 0 Å². The molecule has 1 N–H and O–H groups in total. The highest BCUT2D eigenvalue weighted by Crippen LogP contribution is 2.48. The van der Waals surface area contributed by atoms with E-state index >= 15 is 0 Å². The second-order valence-corrected chi connectivity index (χ2v) is 9.04. The lowest BCUT2D eigenvalue weighted by Crippen LogP contribution is -2.31. The Kier molecular flexibility index (Phi) is 5.94. The maximum atomic E-state index is 14.3. The van der Waals surface area contributed by atoms with Crippen LogP contribution in [0.5, 0.6) is 0 Å². The molecule has 2 aromatic heterocycles. The summed E-state index contributed by atoms with van der Waals surface area (Å²) in [5.41, 5.74) is 2.56. The summed E-state index contributed by atoms with van der Waals surface area (Å²) in [5.74, 6) is -3.43. The predicted molar refractivity (Wildman–Crippen MR) is 123 cm³/mol. The smallest absolute Gasteiger partial charge is 0.399 e. The Balaban J connectivity index is 1.41. The minimum Gasteiger partial charge on any atom is -0.465 e. The van der Waals surface area contributed by atoms with Crippen LogP contribution >= 0.6 is 0 Å². The van der Waals surface area contributed by atoms with Crippen molar-refractivity contribution >= 4 is 27.9 Å². The molecular weight excluding hydrogens is 462 g/mol. The molecule has 9 heteroatoms. The first-order valence-corrected chi connectivity index (χ1v) is 11.4. The van der Waals surface area contributed by atoms with Gasteiger partial charge in [-0.2, -0.15) is 13.2 Å². The second-order valence-electron chi connectivity index (χ2n) is 9.04. The van der Waals surface area contributed by atoms with Gasteiger partial charge in [0.2, 0.25) is 0 Å². The lowest BCUT2D eigenvalue weighted by molar-refractivity contribution is -0.166. The number of benzene rings is 2. The van der Waals surface area contributed by atoms with Crippen LogP contribution in [0.1, 0.15) is 59.3 Å². The van der Waals surface area contributed by atoms with Gasteiger partial charge >= 0.3 is 12.1 Å². The summed E-state index contributed by atoms with van der Waals surface area (Å²) in [4.78, 5) is 23.1. The molecule has 4 aromatic rings. The molecule has 1 aliphatic carbocycles. The molecule has 5 nitrogen and oxygen atoms in total. The van der Waals surface area contributed by atoms with Gasteiger partial charge in [0, 0.05) is 11.6 Å². The number of ether oxygens (including phenoxy) is 1. The standard InChI is InChI=1S/C26H23F4N3O2/c1-35-25(34)16-6-8-21-22(12-16)33-24(32-21)23(26(28,29)30)15-4-2-14(3-5-15)18-10-11-31-20-9-7-17(27)13-19(18)20/h6-15,23H,2-5H2,1H3,(H,32,33)/t14?,15?,23-/m1/s1. The number of imidazole rings is 1. The third-order valence-electron chi connectivity index (χ3n) is 6.99. The molecule has 0 spiro atoms. The Labute approximate surface area is 198 Å². The summed E-state index contributed by atoms with van der Waals surface area (Å²) >= 11 is 0. The highest BCUT2D eigenvalue weighted by Gasteiger charge is 2.48. The van der Waals surface area contributed by atoms with E-state index in [4.69, 9.17) is 4.74 Å². The normalized spacial score (nSPS) is 19.7. The Morgan fingerprint density at radius 1 is 1.06 bits per heavy atom. The van der Waals surface area contributed by atoms with Crippen LogP contribution in [-0.4, -0.2) is 34.2 Å². The van der Waals surface area contributed by atoms with Crippen LogP contribution in [0.15, 0.2) is 48.7 Å². The number of nitrogens with one attached hydrogen (secondary N) is 1. The van der Waals surface area contributed by atoms with Crippen molar-refractivity contribution in [2.75, 3.05) is 7.11 Å². The Morgan fingerprint density at radius 2 is 1.80 bits per heavy atom. The molecule has 1 atom stereocenters. The monoisotopic (exact) mass is 485 g/mol. The number of fused-ring (bicyclic) bond motifs is 2. The molecule has 182 valence electrons. The zero-order chi connectivity index (χ0) is 24.7. The van der Waals surface area contributed by atoms with Gasteiger partial charge in [-0.15, -0.1) is 0 Å². The lowest BCUT2D eigenvalue weighted by Gasteiger charge is -2.34. The number of esters is 1. The molecule has 0 amide bonds. The maximum absolute atomic E-state index is 14.3. The van der Waals surface area contributed by atoms with Gasteiger partial charge in [0.1, 0.15) is 17.6 Å². The number of aromatic amines is 1. The topological polar surface area (TPSA) is 67.9 Å². The molecule has 0 aliphatic heterocycles. The van der Waals surface area contributed by atoms with Gasteiger partial charge in [-0.05, 0) is 85.5 Å². The number of H-pyrrole nitrogens is 1. The van der Waals surface area contributed by atoms with Crippen molar-refractivity contribution in [2.24, 2.45) is 5.92 Å². The third-order valence-corrected chi connectivity index (χ3v) is 6.99. The zero-order valence-electron chi connectivity index (χ0n) is 18.9. The fourth-order valence-electron chi connectivity index (χ4n) is 5.33. The molecule has 1 aliphatic rings. The quantitative estimate of drug-likeness (QED) is 0.259. The molecule has 1 fully saturated rings. The number of methoxy groups -OCH3 is 1. The van der Waals surface area contributed by atoms with Gasteiger partial charge in [0.25, 0.3) is 0 Å². The molecule has 2 aromatic carbocycles. The number of carbonyl (C=O) groups excluding carboxylic acids is 1. The van der Waals surface area contributed by atoms with Gasteiger partial charge in [-0.25, -0.2) is 14.2 Å². The summed E-state index contributed by atoms with van der Waals surface area (Å²) in [6, 6.07) is 10.7. The van der Waals surface area contributed by atoms with Crippen LogP contribution in [0.2, 0.25) is 0 Å². The number of pyridine rings is 1.